The average molecular weight is 275 g/mol. The Hall–Kier alpha value is -1.35. The number of rotatable bonds is 7. The van der Waals surface area contributed by atoms with Crippen molar-refractivity contribution in [3.8, 4) is 0 Å². The molecule has 2 rings (SSSR count). The van der Waals surface area contributed by atoms with Crippen molar-refractivity contribution in [1.82, 2.24) is 5.32 Å². The van der Waals surface area contributed by atoms with Gasteiger partial charge in [0.2, 0.25) is 0 Å². The minimum Gasteiger partial charge on any atom is -0.462 e. The van der Waals surface area contributed by atoms with Crippen LogP contribution in [0.4, 0.5) is 0 Å². The summed E-state index contributed by atoms with van der Waals surface area (Å²) in [5.74, 6) is 0.701. The molecular formula is C17H25NO2. The Bertz CT molecular complexity index is 385. The Kier molecular flexibility index (Phi) is 6.58. The van der Waals surface area contributed by atoms with Crippen molar-refractivity contribution in [2.75, 3.05) is 19.7 Å². The van der Waals surface area contributed by atoms with Gasteiger partial charge in [-0.25, -0.2) is 4.79 Å². The zero-order chi connectivity index (χ0) is 14.0. The lowest BCUT2D eigenvalue weighted by Crippen LogP contribution is -2.27. The lowest BCUT2D eigenvalue weighted by molar-refractivity contribution is 0.0497. The molecule has 0 aliphatic carbocycles. The predicted molar refractivity (Wildman–Crippen MR) is 80.8 cm³/mol. The molecule has 0 amide bonds. The maximum atomic E-state index is 11.7. The predicted octanol–water partition coefficient (Wildman–Crippen LogP) is 3.40. The zero-order valence-electron chi connectivity index (χ0n) is 12.1. The first-order valence-corrected chi connectivity index (χ1v) is 7.79. The molecular weight excluding hydrogens is 250 g/mol. The SMILES string of the molecule is O=C(OCCCCCC1CCNCC1)c1ccccc1. The average Bonchev–Trinajstić information content (AvgIpc) is 2.52. The highest BCUT2D eigenvalue weighted by atomic mass is 16.5. The third kappa shape index (κ3) is 5.33. The van der Waals surface area contributed by atoms with E-state index in [2.05, 4.69) is 5.32 Å². The molecule has 3 nitrogen and oxygen atoms in total. The summed E-state index contributed by atoms with van der Waals surface area (Å²) in [5, 5.41) is 3.40. The summed E-state index contributed by atoms with van der Waals surface area (Å²) < 4.78 is 5.27. The smallest absolute Gasteiger partial charge is 0.338 e. The molecule has 1 fully saturated rings. The number of unbranched alkanes of at least 4 members (excludes halogenated alkanes) is 2. The van der Waals surface area contributed by atoms with E-state index < -0.39 is 0 Å². The van der Waals surface area contributed by atoms with Crippen molar-refractivity contribution in [3.05, 3.63) is 35.9 Å². The van der Waals surface area contributed by atoms with Crippen LogP contribution in [0.5, 0.6) is 0 Å². The number of ether oxygens (including phenoxy) is 1. The molecule has 0 atom stereocenters. The minimum absolute atomic E-state index is 0.205. The maximum absolute atomic E-state index is 11.7. The molecule has 1 aliphatic rings. The largest absolute Gasteiger partial charge is 0.462 e. The number of piperidine rings is 1. The first-order chi connectivity index (χ1) is 9.86. The van der Waals surface area contributed by atoms with Crippen molar-refractivity contribution < 1.29 is 9.53 Å². The number of benzene rings is 1. The van der Waals surface area contributed by atoms with Gasteiger partial charge in [-0.3, -0.25) is 0 Å². The second-order valence-corrected chi connectivity index (χ2v) is 5.54. The summed E-state index contributed by atoms with van der Waals surface area (Å²) in [6, 6.07) is 9.20. The molecule has 1 aliphatic heterocycles. The molecule has 1 heterocycles. The third-order valence-electron chi connectivity index (χ3n) is 3.96. The summed E-state index contributed by atoms with van der Waals surface area (Å²) in [5.41, 5.74) is 0.641. The first-order valence-electron chi connectivity index (χ1n) is 7.79. The van der Waals surface area contributed by atoms with Crippen LogP contribution in [0.3, 0.4) is 0 Å². The third-order valence-corrected chi connectivity index (χ3v) is 3.96. The number of hydrogen-bond acceptors (Lipinski definition) is 3. The second kappa shape index (κ2) is 8.75. The Balaban J connectivity index is 1.50. The van der Waals surface area contributed by atoms with Crippen LogP contribution in [0.2, 0.25) is 0 Å². The highest BCUT2D eigenvalue weighted by molar-refractivity contribution is 5.89. The minimum atomic E-state index is -0.205. The molecule has 20 heavy (non-hydrogen) atoms. The van der Waals surface area contributed by atoms with E-state index in [9.17, 15) is 4.79 Å². The summed E-state index contributed by atoms with van der Waals surface area (Å²) in [7, 11) is 0. The molecule has 110 valence electrons. The molecule has 3 heteroatoms. The number of hydrogen-bond donors (Lipinski definition) is 1. The highest BCUT2D eigenvalue weighted by Gasteiger charge is 2.12. The number of carbonyl (C=O) groups excluding carboxylic acids is 1. The number of carbonyl (C=O) groups is 1. The fourth-order valence-electron chi connectivity index (χ4n) is 2.70. The van der Waals surface area contributed by atoms with Crippen molar-refractivity contribution >= 4 is 5.97 Å². The molecule has 1 aromatic rings. The van der Waals surface area contributed by atoms with E-state index in [0.29, 0.717) is 12.2 Å². The van der Waals surface area contributed by atoms with E-state index in [1.807, 2.05) is 18.2 Å². The van der Waals surface area contributed by atoms with E-state index in [-0.39, 0.29) is 5.97 Å². The quantitative estimate of drug-likeness (QED) is 0.612. The van der Waals surface area contributed by atoms with E-state index in [0.717, 1.165) is 18.8 Å². The van der Waals surface area contributed by atoms with E-state index in [1.54, 1.807) is 12.1 Å². The van der Waals surface area contributed by atoms with Crippen LogP contribution in [0.15, 0.2) is 30.3 Å². The summed E-state index contributed by atoms with van der Waals surface area (Å²) >= 11 is 0. The molecule has 0 spiro atoms. The van der Waals surface area contributed by atoms with Crippen molar-refractivity contribution in [1.29, 1.82) is 0 Å². The van der Waals surface area contributed by atoms with Crippen LogP contribution in [-0.2, 0) is 4.74 Å². The first kappa shape index (κ1) is 15.0. The fourth-order valence-corrected chi connectivity index (χ4v) is 2.70. The fraction of sp³-hybridized carbons (Fsp3) is 0.588. The summed E-state index contributed by atoms with van der Waals surface area (Å²) in [6.45, 7) is 2.90. The Morgan fingerprint density at radius 2 is 1.85 bits per heavy atom. The topological polar surface area (TPSA) is 38.3 Å². The van der Waals surface area contributed by atoms with Gasteiger partial charge < -0.3 is 10.1 Å². The summed E-state index contributed by atoms with van der Waals surface area (Å²) in [6.07, 6.45) is 7.36. The van der Waals surface area contributed by atoms with E-state index in [1.165, 1.54) is 38.8 Å². The van der Waals surface area contributed by atoms with Gasteiger partial charge in [0.05, 0.1) is 12.2 Å². The van der Waals surface area contributed by atoms with Gasteiger partial charge in [-0.1, -0.05) is 37.5 Å². The standard InChI is InChI=1S/C17H25NO2/c19-17(16-8-4-1-5-9-16)20-14-6-2-3-7-15-10-12-18-13-11-15/h1,4-5,8-9,15,18H,2-3,6-7,10-14H2. The second-order valence-electron chi connectivity index (χ2n) is 5.54. The highest BCUT2D eigenvalue weighted by Crippen LogP contribution is 2.19. The zero-order valence-corrected chi connectivity index (χ0v) is 12.1. The summed E-state index contributed by atoms with van der Waals surface area (Å²) in [4.78, 5) is 11.7. The molecule has 0 bridgehead atoms. The van der Waals surface area contributed by atoms with Gasteiger partial charge in [0.1, 0.15) is 0 Å². The van der Waals surface area contributed by atoms with E-state index >= 15 is 0 Å². The van der Waals surface area contributed by atoms with Gasteiger partial charge in [0.15, 0.2) is 0 Å². The van der Waals surface area contributed by atoms with Crippen LogP contribution < -0.4 is 5.32 Å². The van der Waals surface area contributed by atoms with E-state index in [4.69, 9.17) is 4.74 Å². The molecule has 1 aromatic carbocycles. The monoisotopic (exact) mass is 275 g/mol. The Morgan fingerprint density at radius 3 is 2.60 bits per heavy atom. The van der Waals surface area contributed by atoms with Crippen molar-refractivity contribution in [2.24, 2.45) is 5.92 Å². The van der Waals surface area contributed by atoms with Crippen molar-refractivity contribution in [3.63, 3.8) is 0 Å². The van der Waals surface area contributed by atoms with Crippen LogP contribution >= 0.6 is 0 Å². The van der Waals surface area contributed by atoms with Gasteiger partial charge in [-0.05, 0) is 50.4 Å². The van der Waals surface area contributed by atoms with Gasteiger partial charge in [-0.15, -0.1) is 0 Å². The van der Waals surface area contributed by atoms with Gasteiger partial charge in [0, 0.05) is 0 Å². The van der Waals surface area contributed by atoms with Crippen LogP contribution in [0, 0.1) is 5.92 Å². The number of esters is 1. The maximum Gasteiger partial charge on any atom is 0.338 e. The Morgan fingerprint density at radius 1 is 1.10 bits per heavy atom. The lowest BCUT2D eigenvalue weighted by atomic mass is 9.92. The molecule has 0 unspecified atom stereocenters. The van der Waals surface area contributed by atoms with Crippen LogP contribution in [0.25, 0.3) is 0 Å². The Labute approximate surface area is 121 Å². The van der Waals surface area contributed by atoms with Crippen LogP contribution in [-0.4, -0.2) is 25.7 Å². The van der Waals surface area contributed by atoms with Gasteiger partial charge in [0.25, 0.3) is 0 Å². The van der Waals surface area contributed by atoms with Gasteiger partial charge >= 0.3 is 5.97 Å². The van der Waals surface area contributed by atoms with Crippen molar-refractivity contribution in [2.45, 2.75) is 38.5 Å². The molecule has 1 N–H and O–H groups in total. The van der Waals surface area contributed by atoms with Crippen LogP contribution in [0.1, 0.15) is 48.9 Å². The normalized spacial score (nSPS) is 16.0. The molecule has 1 saturated heterocycles. The molecule has 0 radical (unpaired) electrons. The molecule has 0 saturated carbocycles. The lowest BCUT2D eigenvalue weighted by Gasteiger charge is -2.22. The van der Waals surface area contributed by atoms with Gasteiger partial charge in [-0.2, -0.15) is 0 Å². The number of nitrogens with one attached hydrogen (secondary N) is 1. The molecule has 0 aromatic heterocycles.